The molecule has 2 saturated heterocycles. The molecule has 0 spiro atoms. The zero-order valence-electron chi connectivity index (χ0n) is 11.2. The van der Waals surface area contributed by atoms with Crippen molar-refractivity contribution in [3.8, 4) is 0 Å². The number of hydrogen-bond acceptors (Lipinski definition) is 5. The van der Waals surface area contributed by atoms with Gasteiger partial charge in [0.1, 0.15) is 0 Å². The number of nitrogens with zero attached hydrogens (tertiary/aromatic N) is 4. The molecule has 2 aliphatic rings. The molecular weight excluding hydrogens is 246 g/mol. The van der Waals surface area contributed by atoms with Crippen LogP contribution in [0.4, 0.5) is 0 Å². The molecule has 1 N–H and O–H groups in total. The lowest BCUT2D eigenvalue weighted by Gasteiger charge is -2.27. The zero-order chi connectivity index (χ0) is 13.4. The fourth-order valence-electron chi connectivity index (χ4n) is 2.57. The van der Waals surface area contributed by atoms with Crippen LogP contribution in [0.3, 0.4) is 0 Å². The Bertz CT molecular complexity index is 470. The van der Waals surface area contributed by atoms with E-state index >= 15 is 0 Å². The summed E-state index contributed by atoms with van der Waals surface area (Å²) in [5.41, 5.74) is 0.411. The minimum Gasteiger partial charge on any atom is -0.376 e. The lowest BCUT2D eigenvalue weighted by atomic mass is 10.1. The average Bonchev–Trinajstić information content (AvgIpc) is 2.94. The van der Waals surface area contributed by atoms with Crippen molar-refractivity contribution >= 4 is 5.91 Å². The molecule has 3 heterocycles. The third-order valence-corrected chi connectivity index (χ3v) is 4.02. The number of ether oxygens (including phenoxy) is 1. The maximum atomic E-state index is 12.4. The zero-order valence-corrected chi connectivity index (χ0v) is 11.2. The number of likely N-dealkylation sites (N-methyl/N-ethyl adjacent to an activating group) is 1. The van der Waals surface area contributed by atoms with Crippen molar-refractivity contribution in [1.29, 1.82) is 0 Å². The van der Waals surface area contributed by atoms with Gasteiger partial charge in [-0.15, -0.1) is 5.10 Å². The van der Waals surface area contributed by atoms with E-state index in [0.29, 0.717) is 18.3 Å². The largest absolute Gasteiger partial charge is 0.376 e. The first-order valence-electron chi connectivity index (χ1n) is 6.68. The van der Waals surface area contributed by atoms with E-state index in [-0.39, 0.29) is 18.1 Å². The summed E-state index contributed by atoms with van der Waals surface area (Å²) in [7, 11) is 1.81. The molecule has 0 radical (unpaired) electrons. The van der Waals surface area contributed by atoms with Crippen LogP contribution in [0.15, 0.2) is 6.20 Å². The molecule has 2 atom stereocenters. The Kier molecular flexibility index (Phi) is 3.24. The molecular formula is C12H19N5O2. The monoisotopic (exact) mass is 265 g/mol. The van der Waals surface area contributed by atoms with Gasteiger partial charge in [-0.2, -0.15) is 0 Å². The third-order valence-electron chi connectivity index (χ3n) is 4.02. The van der Waals surface area contributed by atoms with Gasteiger partial charge in [-0.05, 0) is 13.3 Å². The first kappa shape index (κ1) is 12.6. The SMILES string of the molecule is CC1OCCC1N(C)C(=O)c1cn(C2CNC2)nn1. The maximum Gasteiger partial charge on any atom is 0.276 e. The molecule has 7 heteroatoms. The Labute approximate surface area is 111 Å². The summed E-state index contributed by atoms with van der Waals surface area (Å²) in [5.74, 6) is -0.0825. The van der Waals surface area contributed by atoms with Crippen LogP contribution in [0.1, 0.15) is 29.9 Å². The minimum atomic E-state index is -0.0825. The van der Waals surface area contributed by atoms with E-state index in [9.17, 15) is 4.79 Å². The second-order valence-corrected chi connectivity index (χ2v) is 5.24. The second-order valence-electron chi connectivity index (χ2n) is 5.24. The van der Waals surface area contributed by atoms with Crippen molar-refractivity contribution in [2.24, 2.45) is 0 Å². The molecule has 3 rings (SSSR count). The van der Waals surface area contributed by atoms with Gasteiger partial charge >= 0.3 is 0 Å². The summed E-state index contributed by atoms with van der Waals surface area (Å²) in [4.78, 5) is 14.1. The predicted molar refractivity (Wildman–Crippen MR) is 67.8 cm³/mol. The fraction of sp³-hybridized carbons (Fsp3) is 0.750. The van der Waals surface area contributed by atoms with E-state index in [2.05, 4.69) is 15.6 Å². The van der Waals surface area contributed by atoms with Gasteiger partial charge in [-0.25, -0.2) is 4.68 Å². The van der Waals surface area contributed by atoms with Gasteiger partial charge in [0.05, 0.1) is 24.4 Å². The molecule has 2 fully saturated rings. The van der Waals surface area contributed by atoms with Crippen molar-refractivity contribution in [2.45, 2.75) is 31.5 Å². The van der Waals surface area contributed by atoms with Crippen molar-refractivity contribution in [3.05, 3.63) is 11.9 Å². The Morgan fingerprint density at radius 1 is 1.58 bits per heavy atom. The van der Waals surface area contributed by atoms with E-state index in [0.717, 1.165) is 19.5 Å². The van der Waals surface area contributed by atoms with Crippen LogP contribution in [-0.4, -0.2) is 64.7 Å². The molecule has 2 aliphatic heterocycles. The Morgan fingerprint density at radius 2 is 2.37 bits per heavy atom. The standard InChI is InChI=1S/C12H19N5O2/c1-8-11(3-4-19-8)16(2)12(18)10-7-17(15-14-10)9-5-13-6-9/h7-9,11,13H,3-6H2,1-2H3. The molecule has 0 bridgehead atoms. The summed E-state index contributed by atoms with van der Waals surface area (Å²) in [6.07, 6.45) is 2.70. The highest BCUT2D eigenvalue weighted by molar-refractivity contribution is 5.92. The van der Waals surface area contributed by atoms with Gasteiger partial charge in [0.25, 0.3) is 5.91 Å². The molecule has 0 saturated carbocycles. The molecule has 1 amide bonds. The van der Waals surface area contributed by atoms with Gasteiger partial charge in [-0.1, -0.05) is 5.21 Å². The topological polar surface area (TPSA) is 72.3 Å². The van der Waals surface area contributed by atoms with E-state index in [1.165, 1.54) is 0 Å². The summed E-state index contributed by atoms with van der Waals surface area (Å²) < 4.78 is 7.27. The van der Waals surface area contributed by atoms with E-state index in [1.54, 1.807) is 15.8 Å². The predicted octanol–water partition coefficient (Wildman–Crippen LogP) is -0.328. The molecule has 7 nitrogen and oxygen atoms in total. The smallest absolute Gasteiger partial charge is 0.276 e. The summed E-state index contributed by atoms with van der Waals surface area (Å²) in [5, 5.41) is 11.2. The van der Waals surface area contributed by atoms with E-state index < -0.39 is 0 Å². The van der Waals surface area contributed by atoms with Crippen LogP contribution in [0, 0.1) is 0 Å². The number of carbonyl (C=O) groups is 1. The molecule has 0 aromatic carbocycles. The van der Waals surface area contributed by atoms with Crippen LogP contribution in [0.2, 0.25) is 0 Å². The third kappa shape index (κ3) is 2.23. The summed E-state index contributed by atoms with van der Waals surface area (Å²) in [6, 6.07) is 0.455. The molecule has 19 heavy (non-hydrogen) atoms. The van der Waals surface area contributed by atoms with Crippen molar-refractivity contribution in [3.63, 3.8) is 0 Å². The number of hydrogen-bond donors (Lipinski definition) is 1. The summed E-state index contributed by atoms with van der Waals surface area (Å²) in [6.45, 7) is 4.49. The highest BCUT2D eigenvalue weighted by atomic mass is 16.5. The van der Waals surface area contributed by atoms with Crippen LogP contribution >= 0.6 is 0 Å². The fourth-order valence-corrected chi connectivity index (χ4v) is 2.57. The summed E-state index contributed by atoms with van der Waals surface area (Å²) >= 11 is 0. The molecule has 0 aliphatic carbocycles. The maximum absolute atomic E-state index is 12.4. The van der Waals surface area contributed by atoms with Gasteiger partial charge in [0.2, 0.25) is 0 Å². The molecule has 1 aromatic heterocycles. The van der Waals surface area contributed by atoms with E-state index in [1.807, 2.05) is 14.0 Å². The molecule has 2 unspecified atom stereocenters. The highest BCUT2D eigenvalue weighted by Gasteiger charge is 2.32. The van der Waals surface area contributed by atoms with Crippen LogP contribution in [0.25, 0.3) is 0 Å². The Hall–Kier alpha value is -1.47. The van der Waals surface area contributed by atoms with Crippen molar-refractivity contribution in [1.82, 2.24) is 25.2 Å². The minimum absolute atomic E-state index is 0.0825. The Balaban J connectivity index is 1.70. The van der Waals surface area contributed by atoms with E-state index in [4.69, 9.17) is 4.74 Å². The van der Waals surface area contributed by atoms with Crippen molar-refractivity contribution in [2.75, 3.05) is 26.7 Å². The average molecular weight is 265 g/mol. The van der Waals surface area contributed by atoms with Crippen LogP contribution in [-0.2, 0) is 4.74 Å². The van der Waals surface area contributed by atoms with Gasteiger partial charge in [0, 0.05) is 26.7 Å². The number of nitrogens with one attached hydrogen (secondary N) is 1. The second kappa shape index (κ2) is 4.90. The number of carbonyl (C=O) groups excluding carboxylic acids is 1. The number of amides is 1. The van der Waals surface area contributed by atoms with Gasteiger partial charge in [-0.3, -0.25) is 4.79 Å². The molecule has 1 aromatic rings. The molecule has 104 valence electrons. The lowest BCUT2D eigenvalue weighted by Crippen LogP contribution is -2.43. The quantitative estimate of drug-likeness (QED) is 0.810. The normalized spacial score (nSPS) is 27.3. The number of rotatable bonds is 3. The van der Waals surface area contributed by atoms with Crippen molar-refractivity contribution < 1.29 is 9.53 Å². The first-order valence-corrected chi connectivity index (χ1v) is 6.68. The highest BCUT2D eigenvalue weighted by Crippen LogP contribution is 2.20. The van der Waals surface area contributed by atoms with Crippen LogP contribution in [0.5, 0.6) is 0 Å². The first-order chi connectivity index (χ1) is 9.16. The number of aromatic nitrogens is 3. The van der Waals surface area contributed by atoms with Gasteiger partial charge in [0.15, 0.2) is 5.69 Å². The lowest BCUT2D eigenvalue weighted by molar-refractivity contribution is 0.0569. The Morgan fingerprint density at radius 3 is 2.95 bits per heavy atom. The van der Waals surface area contributed by atoms with Crippen LogP contribution < -0.4 is 5.32 Å². The van der Waals surface area contributed by atoms with Gasteiger partial charge < -0.3 is 15.0 Å².